The van der Waals surface area contributed by atoms with E-state index in [0.29, 0.717) is 19.0 Å². The first-order valence-electron chi connectivity index (χ1n) is 7.08. The minimum atomic E-state index is 0.141. The Bertz CT molecular complexity index is 605. The highest BCUT2D eigenvalue weighted by Crippen LogP contribution is 2.16. The summed E-state index contributed by atoms with van der Waals surface area (Å²) in [7, 11) is 1.96. The van der Waals surface area contributed by atoms with Crippen LogP contribution in [-0.2, 0) is 6.54 Å². The largest absolute Gasteiger partial charge is 0.492 e. The minimum Gasteiger partial charge on any atom is -0.492 e. The summed E-state index contributed by atoms with van der Waals surface area (Å²) in [5.41, 5.74) is 13.5. The highest BCUT2D eigenvalue weighted by Gasteiger charge is 2.06. The summed E-state index contributed by atoms with van der Waals surface area (Å²) in [6.07, 6.45) is 0. The standard InChI is InChI=1S/C15H22N6O/c1-10-6-11(2)8-12(7-10)22-5-4-21(3)9-13-18-14(16)20-15(17)19-13/h6-8H,4-5,9H2,1-3H3,(H4,16,17,18,19,20). The molecule has 1 aromatic carbocycles. The first-order chi connectivity index (χ1) is 10.4. The lowest BCUT2D eigenvalue weighted by molar-refractivity contribution is 0.229. The molecule has 0 saturated heterocycles. The van der Waals surface area contributed by atoms with Gasteiger partial charge >= 0.3 is 0 Å². The van der Waals surface area contributed by atoms with E-state index in [2.05, 4.69) is 34.9 Å². The van der Waals surface area contributed by atoms with Gasteiger partial charge in [-0.05, 0) is 44.2 Å². The van der Waals surface area contributed by atoms with Crippen molar-refractivity contribution in [2.75, 3.05) is 31.7 Å². The van der Waals surface area contributed by atoms with E-state index in [9.17, 15) is 0 Å². The first-order valence-corrected chi connectivity index (χ1v) is 7.08. The molecule has 0 aliphatic heterocycles. The maximum Gasteiger partial charge on any atom is 0.225 e. The van der Waals surface area contributed by atoms with Gasteiger partial charge in [-0.1, -0.05) is 6.07 Å². The number of hydrogen-bond acceptors (Lipinski definition) is 7. The average molecular weight is 302 g/mol. The normalized spacial score (nSPS) is 10.9. The predicted octanol–water partition coefficient (Wildman–Crippen LogP) is 1.16. The van der Waals surface area contributed by atoms with Crippen LogP contribution in [0.15, 0.2) is 18.2 Å². The van der Waals surface area contributed by atoms with Gasteiger partial charge in [0.25, 0.3) is 0 Å². The van der Waals surface area contributed by atoms with Gasteiger partial charge in [0.05, 0.1) is 6.54 Å². The van der Waals surface area contributed by atoms with Crippen molar-refractivity contribution < 1.29 is 4.74 Å². The van der Waals surface area contributed by atoms with Gasteiger partial charge in [-0.3, -0.25) is 4.90 Å². The molecule has 0 bridgehead atoms. The molecule has 0 aliphatic rings. The lowest BCUT2D eigenvalue weighted by Gasteiger charge is -2.16. The minimum absolute atomic E-state index is 0.141. The van der Waals surface area contributed by atoms with Gasteiger partial charge in [0, 0.05) is 6.54 Å². The molecule has 22 heavy (non-hydrogen) atoms. The molecule has 2 rings (SSSR count). The van der Waals surface area contributed by atoms with E-state index < -0.39 is 0 Å². The second-order valence-corrected chi connectivity index (χ2v) is 5.38. The third kappa shape index (κ3) is 4.85. The summed E-state index contributed by atoms with van der Waals surface area (Å²) in [5, 5.41) is 0. The Balaban J connectivity index is 1.83. The van der Waals surface area contributed by atoms with Crippen LogP contribution in [0, 0.1) is 13.8 Å². The zero-order chi connectivity index (χ0) is 16.1. The Kier molecular flexibility index (Phi) is 5.11. The van der Waals surface area contributed by atoms with Crippen LogP contribution in [0.3, 0.4) is 0 Å². The fourth-order valence-corrected chi connectivity index (χ4v) is 2.18. The number of nitrogens with zero attached hydrogens (tertiary/aromatic N) is 4. The number of rotatable bonds is 6. The van der Waals surface area contributed by atoms with Crippen LogP contribution in [0.4, 0.5) is 11.9 Å². The van der Waals surface area contributed by atoms with Crippen LogP contribution in [0.2, 0.25) is 0 Å². The lowest BCUT2D eigenvalue weighted by atomic mass is 10.1. The highest BCUT2D eigenvalue weighted by atomic mass is 16.5. The molecule has 0 spiro atoms. The lowest BCUT2D eigenvalue weighted by Crippen LogP contribution is -2.25. The first kappa shape index (κ1) is 16.0. The number of likely N-dealkylation sites (N-methyl/N-ethyl adjacent to an activating group) is 1. The van der Waals surface area contributed by atoms with Gasteiger partial charge in [0.1, 0.15) is 18.2 Å². The molecule has 118 valence electrons. The van der Waals surface area contributed by atoms with E-state index in [0.717, 1.165) is 12.3 Å². The zero-order valence-corrected chi connectivity index (χ0v) is 13.2. The van der Waals surface area contributed by atoms with Crippen LogP contribution in [0.1, 0.15) is 17.0 Å². The molecule has 1 heterocycles. The van der Waals surface area contributed by atoms with Gasteiger partial charge in [-0.15, -0.1) is 0 Å². The number of benzene rings is 1. The number of nitrogen functional groups attached to an aromatic ring is 2. The van der Waals surface area contributed by atoms with Crippen molar-refractivity contribution in [1.29, 1.82) is 0 Å². The topological polar surface area (TPSA) is 103 Å². The summed E-state index contributed by atoms with van der Waals surface area (Å²) >= 11 is 0. The smallest absolute Gasteiger partial charge is 0.225 e. The fourth-order valence-electron chi connectivity index (χ4n) is 2.18. The van der Waals surface area contributed by atoms with E-state index in [1.54, 1.807) is 0 Å². The summed E-state index contributed by atoms with van der Waals surface area (Å²) < 4.78 is 5.78. The Labute approximate surface area is 130 Å². The molecule has 2 aromatic rings. The van der Waals surface area contributed by atoms with E-state index >= 15 is 0 Å². The van der Waals surface area contributed by atoms with Crippen LogP contribution in [0.25, 0.3) is 0 Å². The van der Waals surface area contributed by atoms with Crippen molar-refractivity contribution in [3.63, 3.8) is 0 Å². The van der Waals surface area contributed by atoms with Crippen molar-refractivity contribution >= 4 is 11.9 Å². The van der Waals surface area contributed by atoms with E-state index in [-0.39, 0.29) is 11.9 Å². The maximum absolute atomic E-state index is 5.78. The van der Waals surface area contributed by atoms with Crippen molar-refractivity contribution in [1.82, 2.24) is 19.9 Å². The maximum atomic E-state index is 5.78. The Morgan fingerprint density at radius 1 is 1.00 bits per heavy atom. The third-order valence-electron chi connectivity index (χ3n) is 3.06. The molecule has 0 amide bonds. The van der Waals surface area contributed by atoms with Crippen molar-refractivity contribution in [3.8, 4) is 5.75 Å². The van der Waals surface area contributed by atoms with Crippen LogP contribution in [-0.4, -0.2) is 40.1 Å². The predicted molar refractivity (Wildman–Crippen MR) is 86.4 cm³/mol. The Morgan fingerprint density at radius 3 is 2.18 bits per heavy atom. The molecule has 4 N–H and O–H groups in total. The second kappa shape index (κ2) is 7.04. The van der Waals surface area contributed by atoms with Gasteiger partial charge in [-0.2, -0.15) is 15.0 Å². The zero-order valence-electron chi connectivity index (χ0n) is 13.2. The van der Waals surface area contributed by atoms with Crippen molar-refractivity contribution in [2.24, 2.45) is 0 Å². The molecule has 0 saturated carbocycles. The average Bonchev–Trinajstić information content (AvgIpc) is 2.35. The van der Waals surface area contributed by atoms with E-state index in [1.165, 1.54) is 11.1 Å². The summed E-state index contributed by atoms with van der Waals surface area (Å²) in [5.74, 6) is 1.73. The summed E-state index contributed by atoms with van der Waals surface area (Å²) in [6.45, 7) is 5.96. The van der Waals surface area contributed by atoms with E-state index in [4.69, 9.17) is 16.2 Å². The van der Waals surface area contributed by atoms with E-state index in [1.807, 2.05) is 24.1 Å². The number of hydrogen-bond donors (Lipinski definition) is 2. The molecule has 7 heteroatoms. The molecule has 0 unspecified atom stereocenters. The monoisotopic (exact) mass is 302 g/mol. The second-order valence-electron chi connectivity index (χ2n) is 5.38. The molecule has 0 aliphatic carbocycles. The van der Waals surface area contributed by atoms with Crippen molar-refractivity contribution in [3.05, 3.63) is 35.2 Å². The van der Waals surface area contributed by atoms with Gasteiger partial charge in [-0.25, -0.2) is 0 Å². The number of anilines is 2. The quantitative estimate of drug-likeness (QED) is 0.825. The fraction of sp³-hybridized carbons (Fsp3) is 0.400. The molecular formula is C15H22N6O. The van der Waals surface area contributed by atoms with Gasteiger partial charge in [0.2, 0.25) is 11.9 Å². The SMILES string of the molecule is Cc1cc(C)cc(OCCN(C)Cc2nc(N)nc(N)n2)c1. The molecule has 0 radical (unpaired) electrons. The van der Waals surface area contributed by atoms with Crippen LogP contribution in [0.5, 0.6) is 5.75 Å². The molecule has 0 fully saturated rings. The Morgan fingerprint density at radius 2 is 1.59 bits per heavy atom. The van der Waals surface area contributed by atoms with Gasteiger partial charge in [0.15, 0.2) is 0 Å². The summed E-state index contributed by atoms with van der Waals surface area (Å²) in [4.78, 5) is 13.9. The number of aryl methyl sites for hydroxylation is 2. The molecule has 0 atom stereocenters. The third-order valence-corrected chi connectivity index (χ3v) is 3.06. The number of nitrogens with two attached hydrogens (primary N) is 2. The molecule has 7 nitrogen and oxygen atoms in total. The van der Waals surface area contributed by atoms with Crippen molar-refractivity contribution in [2.45, 2.75) is 20.4 Å². The molecular weight excluding hydrogens is 280 g/mol. The Hall–Kier alpha value is -2.41. The summed E-state index contributed by atoms with van der Waals surface area (Å²) in [6, 6.07) is 6.18. The van der Waals surface area contributed by atoms with Crippen LogP contribution >= 0.6 is 0 Å². The van der Waals surface area contributed by atoms with Gasteiger partial charge < -0.3 is 16.2 Å². The highest BCUT2D eigenvalue weighted by molar-refractivity contribution is 5.33. The number of aromatic nitrogens is 3. The molecule has 1 aromatic heterocycles. The number of ether oxygens (including phenoxy) is 1. The van der Waals surface area contributed by atoms with Crippen LogP contribution < -0.4 is 16.2 Å².